The molecule has 0 bridgehead atoms. The molecule has 3 unspecified atom stereocenters. The van der Waals surface area contributed by atoms with Gasteiger partial charge < -0.3 is 25.8 Å². The van der Waals surface area contributed by atoms with E-state index in [9.17, 15) is 24.0 Å². The van der Waals surface area contributed by atoms with Crippen LogP contribution in [0.1, 0.15) is 25.8 Å². The number of benzene rings is 1. The fourth-order valence-electron chi connectivity index (χ4n) is 2.19. The smallest absolute Gasteiger partial charge is 0.408 e. The molecule has 1 rings (SSSR count). The van der Waals surface area contributed by atoms with Crippen LogP contribution in [0.15, 0.2) is 30.3 Å². The summed E-state index contributed by atoms with van der Waals surface area (Å²) in [5.74, 6) is -3.82. The Kier molecular flexibility index (Phi) is 10.3. The second-order valence-electron chi connectivity index (χ2n) is 6.43. The van der Waals surface area contributed by atoms with Gasteiger partial charge in [-0.1, -0.05) is 30.3 Å². The number of Topliss-reactive ketones (excluding diaryl/α,β-unsaturated/α-hetero) is 1. The molecule has 0 aliphatic rings. The molecule has 0 heterocycles. The van der Waals surface area contributed by atoms with Crippen molar-refractivity contribution >= 4 is 41.3 Å². The summed E-state index contributed by atoms with van der Waals surface area (Å²) in [5, 5.41) is 15.9. The zero-order chi connectivity index (χ0) is 22.7. The Balaban J connectivity index is 2.48. The van der Waals surface area contributed by atoms with Crippen LogP contribution in [-0.2, 0) is 30.5 Å². The number of amides is 3. The summed E-state index contributed by atoms with van der Waals surface area (Å²) in [4.78, 5) is 58.6. The van der Waals surface area contributed by atoms with Crippen molar-refractivity contribution in [3.05, 3.63) is 35.9 Å². The maximum absolute atomic E-state index is 12.2. The average Bonchev–Trinajstić information content (AvgIpc) is 2.71. The SMILES string of the molecule is CC(NC(=O)OCc1ccccc1)C(=O)NC(C)C(=O)NC(CC(=O)CCl)C(=O)O. The highest BCUT2D eigenvalue weighted by atomic mass is 35.5. The lowest BCUT2D eigenvalue weighted by Gasteiger charge is -2.20. The van der Waals surface area contributed by atoms with Crippen LogP contribution in [0.4, 0.5) is 4.79 Å². The van der Waals surface area contributed by atoms with E-state index in [4.69, 9.17) is 21.4 Å². The highest BCUT2D eigenvalue weighted by Gasteiger charge is 2.27. The van der Waals surface area contributed by atoms with Gasteiger partial charge in [-0.3, -0.25) is 14.4 Å². The van der Waals surface area contributed by atoms with Gasteiger partial charge in [-0.25, -0.2) is 9.59 Å². The third-order valence-corrected chi connectivity index (χ3v) is 4.19. The molecular formula is C19H24ClN3O7. The van der Waals surface area contributed by atoms with E-state index in [2.05, 4.69) is 16.0 Å². The van der Waals surface area contributed by atoms with E-state index in [-0.39, 0.29) is 12.5 Å². The first kappa shape index (κ1) is 24.9. The number of hydrogen-bond donors (Lipinski definition) is 4. The molecule has 11 heteroatoms. The number of carbonyl (C=O) groups is 5. The maximum atomic E-state index is 12.2. The third kappa shape index (κ3) is 8.91. The van der Waals surface area contributed by atoms with Gasteiger partial charge in [0.05, 0.1) is 5.88 Å². The van der Waals surface area contributed by atoms with Crippen LogP contribution >= 0.6 is 11.6 Å². The fraction of sp³-hybridized carbons (Fsp3) is 0.421. The molecule has 0 fully saturated rings. The van der Waals surface area contributed by atoms with Gasteiger partial charge in [-0.15, -0.1) is 11.6 Å². The zero-order valence-corrected chi connectivity index (χ0v) is 17.3. The minimum atomic E-state index is -1.47. The number of carbonyl (C=O) groups excluding carboxylic acids is 4. The number of alkyl halides is 1. The molecule has 0 aliphatic heterocycles. The number of alkyl carbamates (subject to hydrolysis) is 1. The number of halogens is 1. The predicted molar refractivity (Wildman–Crippen MR) is 107 cm³/mol. The minimum absolute atomic E-state index is 0.0252. The molecule has 164 valence electrons. The van der Waals surface area contributed by atoms with Crippen molar-refractivity contribution < 1.29 is 33.8 Å². The lowest BCUT2D eigenvalue weighted by molar-refractivity contribution is -0.143. The van der Waals surface area contributed by atoms with E-state index >= 15 is 0 Å². The number of aliphatic carboxylic acids is 1. The van der Waals surface area contributed by atoms with Gasteiger partial charge in [0.2, 0.25) is 11.8 Å². The summed E-state index contributed by atoms with van der Waals surface area (Å²) >= 11 is 5.35. The first-order chi connectivity index (χ1) is 14.1. The molecule has 3 amide bonds. The lowest BCUT2D eigenvalue weighted by Crippen LogP contribution is -2.54. The Hall–Kier alpha value is -3.14. The molecule has 0 saturated heterocycles. The quantitative estimate of drug-likeness (QED) is 0.366. The highest BCUT2D eigenvalue weighted by Crippen LogP contribution is 2.01. The molecule has 0 aliphatic carbocycles. The molecule has 0 aromatic heterocycles. The molecular weight excluding hydrogens is 418 g/mol. The van der Waals surface area contributed by atoms with Crippen LogP contribution in [0.25, 0.3) is 0 Å². The van der Waals surface area contributed by atoms with Gasteiger partial charge in [-0.05, 0) is 19.4 Å². The van der Waals surface area contributed by atoms with Crippen LogP contribution in [-0.4, -0.2) is 58.8 Å². The average molecular weight is 442 g/mol. The van der Waals surface area contributed by atoms with E-state index in [1.807, 2.05) is 6.07 Å². The molecule has 3 atom stereocenters. The van der Waals surface area contributed by atoms with Crippen LogP contribution in [0, 0.1) is 0 Å². The monoisotopic (exact) mass is 441 g/mol. The van der Waals surface area contributed by atoms with Crippen molar-refractivity contribution in [1.82, 2.24) is 16.0 Å². The Bertz CT molecular complexity index is 773. The number of ether oxygens (including phenoxy) is 1. The Morgan fingerprint density at radius 1 is 0.967 bits per heavy atom. The second-order valence-corrected chi connectivity index (χ2v) is 6.70. The van der Waals surface area contributed by atoms with E-state index in [1.54, 1.807) is 24.3 Å². The molecule has 1 aromatic rings. The first-order valence-corrected chi connectivity index (χ1v) is 9.56. The van der Waals surface area contributed by atoms with Gasteiger partial charge >= 0.3 is 12.1 Å². The molecule has 30 heavy (non-hydrogen) atoms. The van der Waals surface area contributed by atoms with E-state index < -0.39 is 54.2 Å². The maximum Gasteiger partial charge on any atom is 0.408 e. The standard InChI is InChI=1S/C19H24ClN3O7/c1-11(17(26)23-15(18(27)28)8-14(24)9-20)21-16(25)12(2)22-19(29)30-10-13-6-4-3-5-7-13/h3-7,11-12,15H,8-10H2,1-2H3,(H,21,25)(H,22,29)(H,23,26)(H,27,28). The Labute approximate surface area is 178 Å². The molecule has 1 aromatic carbocycles. The van der Waals surface area contributed by atoms with Crippen molar-refractivity contribution in [1.29, 1.82) is 0 Å². The first-order valence-electron chi connectivity index (χ1n) is 9.02. The van der Waals surface area contributed by atoms with Crippen molar-refractivity contribution in [2.24, 2.45) is 0 Å². The van der Waals surface area contributed by atoms with Crippen LogP contribution in [0.2, 0.25) is 0 Å². The summed E-state index contributed by atoms with van der Waals surface area (Å²) in [7, 11) is 0. The molecule has 4 N–H and O–H groups in total. The van der Waals surface area contributed by atoms with E-state index in [0.717, 1.165) is 5.56 Å². The summed E-state index contributed by atoms with van der Waals surface area (Å²) < 4.78 is 5.01. The van der Waals surface area contributed by atoms with Crippen molar-refractivity contribution in [3.8, 4) is 0 Å². The Morgan fingerprint density at radius 2 is 1.53 bits per heavy atom. The topological polar surface area (TPSA) is 151 Å². The van der Waals surface area contributed by atoms with Crippen LogP contribution in [0.3, 0.4) is 0 Å². The zero-order valence-electron chi connectivity index (χ0n) is 16.5. The van der Waals surface area contributed by atoms with E-state index in [1.165, 1.54) is 13.8 Å². The van der Waals surface area contributed by atoms with Gasteiger partial charge in [0, 0.05) is 6.42 Å². The number of ketones is 1. The lowest BCUT2D eigenvalue weighted by atomic mass is 10.1. The molecule has 0 spiro atoms. The highest BCUT2D eigenvalue weighted by molar-refractivity contribution is 6.27. The summed E-state index contributed by atoms with van der Waals surface area (Å²) in [6, 6.07) is 5.35. The number of hydrogen-bond acceptors (Lipinski definition) is 6. The van der Waals surface area contributed by atoms with Crippen LogP contribution in [0.5, 0.6) is 0 Å². The number of rotatable bonds is 11. The fourth-order valence-corrected chi connectivity index (χ4v) is 2.30. The number of carboxylic acid groups (broad SMARTS) is 1. The van der Waals surface area contributed by atoms with Crippen molar-refractivity contribution in [2.45, 2.75) is 45.0 Å². The third-order valence-electron chi connectivity index (χ3n) is 3.89. The van der Waals surface area contributed by atoms with Crippen LogP contribution < -0.4 is 16.0 Å². The normalized spacial score (nSPS) is 13.3. The number of carboxylic acids is 1. The Morgan fingerprint density at radius 3 is 2.10 bits per heavy atom. The van der Waals surface area contributed by atoms with Gasteiger partial charge in [0.15, 0.2) is 0 Å². The van der Waals surface area contributed by atoms with E-state index in [0.29, 0.717) is 0 Å². The van der Waals surface area contributed by atoms with Crippen molar-refractivity contribution in [3.63, 3.8) is 0 Å². The molecule has 10 nitrogen and oxygen atoms in total. The van der Waals surface area contributed by atoms with Gasteiger partial charge in [0.1, 0.15) is 30.5 Å². The molecule has 0 saturated carbocycles. The van der Waals surface area contributed by atoms with Gasteiger partial charge in [0.25, 0.3) is 0 Å². The summed E-state index contributed by atoms with van der Waals surface area (Å²) in [6.45, 7) is 2.75. The largest absolute Gasteiger partial charge is 0.480 e. The second kappa shape index (κ2) is 12.4. The summed E-state index contributed by atoms with van der Waals surface area (Å²) in [6.07, 6.45) is -1.29. The molecule has 0 radical (unpaired) electrons. The number of nitrogens with one attached hydrogen (secondary N) is 3. The van der Waals surface area contributed by atoms with Gasteiger partial charge in [-0.2, -0.15) is 0 Å². The predicted octanol–water partition coefficient (Wildman–Crippen LogP) is 0.573. The minimum Gasteiger partial charge on any atom is -0.480 e. The van der Waals surface area contributed by atoms with Crippen molar-refractivity contribution in [2.75, 3.05) is 5.88 Å². The summed E-state index contributed by atoms with van der Waals surface area (Å²) in [5.41, 5.74) is 0.774.